The number of amides is 2. The quantitative estimate of drug-likeness (QED) is 0.432. The third-order valence-corrected chi connectivity index (χ3v) is 2.78. The van der Waals surface area contributed by atoms with E-state index in [-0.39, 0.29) is 19.0 Å². The number of carbonyl (C=O) groups excluding carboxylic acids is 2. The molecule has 2 rings (SSSR count). The second-order valence-corrected chi connectivity index (χ2v) is 4.40. The monoisotopic (exact) mass is 300 g/mol. The van der Waals surface area contributed by atoms with Crippen LogP contribution in [0.2, 0.25) is 0 Å². The maximum atomic E-state index is 12.3. The van der Waals surface area contributed by atoms with Crippen LogP contribution in [0, 0.1) is 0 Å². The van der Waals surface area contributed by atoms with Crippen LogP contribution in [0.25, 0.3) is 0 Å². The van der Waals surface area contributed by atoms with Crippen molar-refractivity contribution in [1.29, 1.82) is 0 Å². The zero-order valence-corrected chi connectivity index (χ0v) is 11.8. The van der Waals surface area contributed by atoms with Crippen molar-refractivity contribution in [2.24, 2.45) is 0 Å². The number of aliphatic hydroxyl groups is 1. The van der Waals surface area contributed by atoms with E-state index in [9.17, 15) is 9.59 Å². The Morgan fingerprint density at radius 2 is 1.73 bits per heavy atom. The lowest BCUT2D eigenvalue weighted by atomic mass is 10.0. The van der Waals surface area contributed by atoms with E-state index in [1.807, 2.05) is 6.07 Å². The second kappa shape index (κ2) is 7.92. The molecule has 22 heavy (non-hydrogen) atoms. The third kappa shape index (κ3) is 4.41. The van der Waals surface area contributed by atoms with Crippen LogP contribution in [0.5, 0.6) is 0 Å². The fourth-order valence-corrected chi connectivity index (χ4v) is 1.81. The highest BCUT2D eigenvalue weighted by atomic mass is 16.7. The molecule has 0 saturated heterocycles. The SMILES string of the molecule is O=C(NOCCO)Nc1cccc(C(=O)c2ccccc2)c1. The Labute approximate surface area is 127 Å². The van der Waals surface area contributed by atoms with Gasteiger partial charge in [0.1, 0.15) is 0 Å². The van der Waals surface area contributed by atoms with E-state index in [1.165, 1.54) is 0 Å². The van der Waals surface area contributed by atoms with Gasteiger partial charge in [-0.05, 0) is 12.1 Å². The zero-order valence-electron chi connectivity index (χ0n) is 11.8. The summed E-state index contributed by atoms with van der Waals surface area (Å²) in [6.07, 6.45) is 0. The largest absolute Gasteiger partial charge is 0.394 e. The number of urea groups is 1. The van der Waals surface area contributed by atoms with Crippen LogP contribution in [-0.4, -0.2) is 30.1 Å². The second-order valence-electron chi connectivity index (χ2n) is 4.40. The van der Waals surface area contributed by atoms with Crippen LogP contribution < -0.4 is 10.8 Å². The molecule has 6 nitrogen and oxygen atoms in total. The number of hydroxylamine groups is 1. The molecule has 0 unspecified atom stereocenters. The molecule has 0 saturated carbocycles. The molecule has 0 heterocycles. The summed E-state index contributed by atoms with van der Waals surface area (Å²) in [4.78, 5) is 28.5. The van der Waals surface area contributed by atoms with E-state index in [1.54, 1.807) is 48.5 Å². The first-order chi connectivity index (χ1) is 10.7. The maximum absolute atomic E-state index is 12.3. The normalized spacial score (nSPS) is 10.0. The fraction of sp³-hybridized carbons (Fsp3) is 0.125. The van der Waals surface area contributed by atoms with Gasteiger partial charge in [-0.2, -0.15) is 0 Å². The van der Waals surface area contributed by atoms with Crippen molar-refractivity contribution in [3.8, 4) is 0 Å². The molecule has 3 N–H and O–H groups in total. The minimum absolute atomic E-state index is 0.0000468. The first-order valence-electron chi connectivity index (χ1n) is 6.70. The predicted molar refractivity (Wildman–Crippen MR) is 81.5 cm³/mol. The van der Waals surface area contributed by atoms with Crippen molar-refractivity contribution >= 4 is 17.5 Å². The van der Waals surface area contributed by atoms with Gasteiger partial charge >= 0.3 is 6.03 Å². The molecule has 2 amide bonds. The molecule has 0 fully saturated rings. The van der Waals surface area contributed by atoms with Crippen molar-refractivity contribution in [1.82, 2.24) is 5.48 Å². The molecule has 114 valence electrons. The third-order valence-electron chi connectivity index (χ3n) is 2.78. The molecule has 2 aromatic rings. The molecule has 0 aromatic heterocycles. The summed E-state index contributed by atoms with van der Waals surface area (Å²) in [7, 11) is 0. The smallest absolute Gasteiger partial charge is 0.343 e. The summed E-state index contributed by atoms with van der Waals surface area (Å²) >= 11 is 0. The Kier molecular flexibility index (Phi) is 5.65. The molecular weight excluding hydrogens is 284 g/mol. The average Bonchev–Trinajstić information content (AvgIpc) is 2.55. The Bertz CT molecular complexity index is 644. The molecule has 0 spiro atoms. The van der Waals surface area contributed by atoms with Crippen LogP contribution in [0.15, 0.2) is 54.6 Å². The zero-order chi connectivity index (χ0) is 15.8. The van der Waals surface area contributed by atoms with Crippen LogP contribution in [0.3, 0.4) is 0 Å². The first-order valence-corrected chi connectivity index (χ1v) is 6.70. The van der Waals surface area contributed by atoms with Gasteiger partial charge in [-0.15, -0.1) is 0 Å². The lowest BCUT2D eigenvalue weighted by Crippen LogP contribution is -2.29. The summed E-state index contributed by atoms with van der Waals surface area (Å²) in [5, 5.41) is 11.1. The van der Waals surface area contributed by atoms with E-state index in [4.69, 9.17) is 5.11 Å². The number of nitrogens with one attached hydrogen (secondary N) is 2. The van der Waals surface area contributed by atoms with E-state index >= 15 is 0 Å². The number of ketones is 1. The molecule has 0 aliphatic rings. The number of carbonyl (C=O) groups is 2. The topological polar surface area (TPSA) is 87.7 Å². The van der Waals surface area contributed by atoms with E-state index < -0.39 is 6.03 Å². The number of rotatable bonds is 6. The Hall–Kier alpha value is -2.70. The predicted octanol–water partition coefficient (Wildman–Crippen LogP) is 1.96. The number of hydrogen-bond donors (Lipinski definition) is 3. The molecule has 0 aliphatic heterocycles. The molecule has 2 aromatic carbocycles. The molecular formula is C16H16N2O4. The van der Waals surface area contributed by atoms with E-state index in [2.05, 4.69) is 15.6 Å². The summed E-state index contributed by atoms with van der Waals surface area (Å²) in [5.74, 6) is -0.124. The average molecular weight is 300 g/mol. The Balaban J connectivity index is 2.04. The highest BCUT2D eigenvalue weighted by Crippen LogP contribution is 2.14. The fourth-order valence-electron chi connectivity index (χ4n) is 1.81. The lowest BCUT2D eigenvalue weighted by molar-refractivity contribution is 0.0400. The van der Waals surface area contributed by atoms with Gasteiger partial charge in [-0.25, -0.2) is 10.3 Å². The maximum Gasteiger partial charge on any atom is 0.343 e. The molecule has 0 aliphatic carbocycles. The van der Waals surface area contributed by atoms with Gasteiger partial charge in [0, 0.05) is 16.8 Å². The van der Waals surface area contributed by atoms with Crippen LogP contribution in [0.1, 0.15) is 15.9 Å². The minimum Gasteiger partial charge on any atom is -0.394 e. The van der Waals surface area contributed by atoms with Crippen LogP contribution in [0.4, 0.5) is 10.5 Å². The van der Waals surface area contributed by atoms with E-state index in [0.717, 1.165) is 0 Å². The standard InChI is InChI=1S/C16H16N2O4/c19-9-10-22-18-16(21)17-14-8-4-7-13(11-14)15(20)12-5-2-1-3-6-12/h1-8,11,19H,9-10H2,(H2,17,18,21). The minimum atomic E-state index is -0.585. The molecule has 0 atom stereocenters. The van der Waals surface area contributed by atoms with E-state index in [0.29, 0.717) is 16.8 Å². The van der Waals surface area contributed by atoms with Crippen LogP contribution in [-0.2, 0) is 4.84 Å². The van der Waals surface area contributed by atoms with Gasteiger partial charge in [0.25, 0.3) is 0 Å². The molecule has 6 heteroatoms. The van der Waals surface area contributed by atoms with Crippen molar-refractivity contribution in [3.63, 3.8) is 0 Å². The highest BCUT2D eigenvalue weighted by molar-refractivity contribution is 6.09. The number of aliphatic hydroxyl groups excluding tert-OH is 1. The summed E-state index contributed by atoms with van der Waals surface area (Å²) in [6.45, 7) is -0.193. The summed E-state index contributed by atoms with van der Waals surface area (Å²) in [5.41, 5.74) is 3.63. The van der Waals surface area contributed by atoms with Crippen molar-refractivity contribution in [3.05, 3.63) is 65.7 Å². The van der Waals surface area contributed by atoms with Gasteiger partial charge in [-0.3, -0.25) is 9.63 Å². The lowest BCUT2D eigenvalue weighted by Gasteiger charge is -2.08. The highest BCUT2D eigenvalue weighted by Gasteiger charge is 2.10. The van der Waals surface area contributed by atoms with Crippen molar-refractivity contribution in [2.75, 3.05) is 18.5 Å². The molecule has 0 radical (unpaired) electrons. The van der Waals surface area contributed by atoms with Gasteiger partial charge in [0.2, 0.25) is 0 Å². The number of anilines is 1. The number of benzene rings is 2. The van der Waals surface area contributed by atoms with Crippen molar-refractivity contribution < 1.29 is 19.5 Å². The van der Waals surface area contributed by atoms with Gasteiger partial charge < -0.3 is 10.4 Å². The van der Waals surface area contributed by atoms with Crippen molar-refractivity contribution in [2.45, 2.75) is 0 Å². The van der Waals surface area contributed by atoms with Gasteiger partial charge in [-0.1, -0.05) is 42.5 Å². The summed E-state index contributed by atoms with van der Waals surface area (Å²) < 4.78 is 0. The van der Waals surface area contributed by atoms with Crippen LogP contribution >= 0.6 is 0 Å². The first kappa shape index (κ1) is 15.7. The number of hydrogen-bond acceptors (Lipinski definition) is 4. The van der Waals surface area contributed by atoms with Gasteiger partial charge in [0.05, 0.1) is 13.2 Å². The Morgan fingerprint density at radius 1 is 1.00 bits per heavy atom. The van der Waals surface area contributed by atoms with Gasteiger partial charge in [0.15, 0.2) is 5.78 Å². The Morgan fingerprint density at radius 3 is 2.45 bits per heavy atom. The molecule has 0 bridgehead atoms. The summed E-state index contributed by atoms with van der Waals surface area (Å²) in [6, 6.07) is 14.9.